The van der Waals surface area contributed by atoms with Crippen LogP contribution in [0.25, 0.3) is 60.3 Å². The summed E-state index contributed by atoms with van der Waals surface area (Å²) in [4.78, 5) is 14.8. The summed E-state index contributed by atoms with van der Waals surface area (Å²) in [6.45, 7) is 2.85. The van der Waals surface area contributed by atoms with E-state index < -0.39 is 0 Å². The SMILES string of the molecule is CC(=O)/C=C(/C)O.[Ir].[c-]1c2ccccc2cc2c1c1nccc3oc4cccc(c4c31)n2-c1ccccc1. The molecule has 6 heteroatoms. The van der Waals surface area contributed by atoms with E-state index in [9.17, 15) is 4.79 Å². The van der Waals surface area contributed by atoms with E-state index in [0.717, 1.165) is 60.3 Å². The van der Waals surface area contributed by atoms with Crippen LogP contribution in [0, 0.1) is 6.07 Å². The van der Waals surface area contributed by atoms with Crippen molar-refractivity contribution >= 4 is 60.4 Å². The third kappa shape index (κ3) is 4.38. The van der Waals surface area contributed by atoms with E-state index in [1.54, 1.807) is 0 Å². The minimum Gasteiger partial charge on any atom is -0.512 e. The number of pyridine rings is 1. The quantitative estimate of drug-likeness (QED) is 0.114. The molecule has 0 amide bonds. The smallest absolute Gasteiger partial charge is 0.155 e. The van der Waals surface area contributed by atoms with Gasteiger partial charge in [-0.05, 0) is 49.7 Å². The van der Waals surface area contributed by atoms with Gasteiger partial charge in [-0.15, -0.1) is 17.5 Å². The molecule has 0 aliphatic carbocycles. The second-order valence-electron chi connectivity index (χ2n) is 8.97. The molecule has 0 atom stereocenters. The number of aromatic nitrogens is 2. The summed E-state index contributed by atoms with van der Waals surface area (Å²) in [7, 11) is 0. The molecule has 0 bridgehead atoms. The van der Waals surface area contributed by atoms with Crippen LogP contribution in [-0.2, 0) is 24.9 Å². The van der Waals surface area contributed by atoms with Crippen molar-refractivity contribution in [2.45, 2.75) is 13.8 Å². The van der Waals surface area contributed by atoms with Crippen molar-refractivity contribution in [2.75, 3.05) is 0 Å². The molecule has 7 aromatic rings. The van der Waals surface area contributed by atoms with Crippen LogP contribution in [0.2, 0.25) is 0 Å². The molecular formula is C32H23IrN2O3-. The average molecular weight is 676 g/mol. The van der Waals surface area contributed by atoms with Crippen LogP contribution in [0.4, 0.5) is 0 Å². The first-order valence-electron chi connectivity index (χ1n) is 12.0. The first-order valence-corrected chi connectivity index (χ1v) is 12.0. The standard InChI is InChI=1S/C27H15N2O.C5H8O2.Ir/c1-2-9-19(10-3-1)29-21-11-6-12-23-25(21)26-24(30-23)13-14-28-27(26)20-15-17-7-4-5-8-18(17)16-22(20)29;1-4(6)3-5(2)7;/h1-14,16H;3,6H,1-2H3;/q-1;;/b;4-3-;. The molecule has 4 aromatic carbocycles. The molecule has 3 heterocycles. The number of hydrogen-bond acceptors (Lipinski definition) is 4. The minimum atomic E-state index is -0.125. The molecular weight excluding hydrogens is 653 g/mol. The van der Waals surface area contributed by atoms with Crippen molar-refractivity contribution in [1.29, 1.82) is 0 Å². The summed E-state index contributed by atoms with van der Waals surface area (Å²) in [5, 5.41) is 13.7. The van der Waals surface area contributed by atoms with Gasteiger partial charge in [0.2, 0.25) is 0 Å². The Morgan fingerprint density at radius 1 is 0.895 bits per heavy atom. The number of carbonyl (C=O) groups is 1. The van der Waals surface area contributed by atoms with Crippen LogP contribution in [0.1, 0.15) is 13.8 Å². The number of aliphatic hydroxyl groups excluding tert-OH is 1. The van der Waals surface area contributed by atoms with E-state index in [1.807, 2.05) is 24.4 Å². The van der Waals surface area contributed by atoms with Crippen molar-refractivity contribution in [3.8, 4) is 5.69 Å². The zero-order chi connectivity index (χ0) is 25.5. The molecule has 0 saturated carbocycles. The minimum absolute atomic E-state index is 0. The molecule has 3 aromatic heterocycles. The van der Waals surface area contributed by atoms with E-state index in [4.69, 9.17) is 14.5 Å². The van der Waals surface area contributed by atoms with Crippen LogP contribution in [0.15, 0.2) is 107 Å². The van der Waals surface area contributed by atoms with Gasteiger partial charge in [-0.2, -0.15) is 0 Å². The van der Waals surface area contributed by atoms with E-state index >= 15 is 0 Å². The molecule has 189 valence electrons. The molecule has 1 N–H and O–H groups in total. The van der Waals surface area contributed by atoms with Gasteiger partial charge in [0.1, 0.15) is 11.2 Å². The largest absolute Gasteiger partial charge is 0.512 e. The van der Waals surface area contributed by atoms with E-state index in [2.05, 4.69) is 77.4 Å². The Bertz CT molecular complexity index is 1980. The Labute approximate surface area is 232 Å². The fraction of sp³-hybridized carbons (Fsp3) is 0.0625. The maximum Gasteiger partial charge on any atom is 0.155 e. The average Bonchev–Trinajstić information content (AvgIpc) is 3.23. The van der Waals surface area contributed by atoms with Gasteiger partial charge in [-0.3, -0.25) is 9.78 Å². The molecule has 0 spiro atoms. The first kappa shape index (κ1) is 25.4. The van der Waals surface area contributed by atoms with Crippen LogP contribution in [-0.4, -0.2) is 20.4 Å². The summed E-state index contributed by atoms with van der Waals surface area (Å²) >= 11 is 0. The van der Waals surface area contributed by atoms with Crippen molar-refractivity contribution < 1.29 is 34.4 Å². The van der Waals surface area contributed by atoms with E-state index in [1.165, 1.54) is 19.9 Å². The predicted octanol–water partition coefficient (Wildman–Crippen LogP) is 8.07. The van der Waals surface area contributed by atoms with Crippen LogP contribution in [0.5, 0.6) is 0 Å². The fourth-order valence-electron chi connectivity index (χ4n) is 4.91. The summed E-state index contributed by atoms with van der Waals surface area (Å²) in [5.41, 5.74) is 5.90. The molecule has 38 heavy (non-hydrogen) atoms. The predicted molar refractivity (Wildman–Crippen MR) is 149 cm³/mol. The molecule has 5 nitrogen and oxygen atoms in total. The molecule has 1 radical (unpaired) electrons. The van der Waals surface area contributed by atoms with Crippen LogP contribution >= 0.6 is 0 Å². The number of carbonyl (C=O) groups excluding carboxylic acids is 1. The Kier molecular flexibility index (Phi) is 6.85. The number of para-hydroxylation sites is 1. The van der Waals surface area contributed by atoms with E-state index in [0.29, 0.717) is 0 Å². The van der Waals surface area contributed by atoms with Crippen molar-refractivity contribution in [1.82, 2.24) is 9.55 Å². The zero-order valence-electron chi connectivity index (χ0n) is 20.7. The van der Waals surface area contributed by atoms with Crippen molar-refractivity contribution in [2.24, 2.45) is 0 Å². The molecule has 0 unspecified atom stereocenters. The normalized spacial score (nSPS) is 11.6. The first-order chi connectivity index (χ1) is 18.0. The van der Waals surface area contributed by atoms with Crippen LogP contribution in [0.3, 0.4) is 0 Å². The molecule has 0 saturated heterocycles. The Hall–Kier alpha value is -4.25. The Balaban J connectivity index is 0.000000329. The molecule has 0 aliphatic heterocycles. The maximum absolute atomic E-state index is 10.0. The number of fused-ring (bicyclic) bond motifs is 3. The van der Waals surface area contributed by atoms with Gasteiger partial charge >= 0.3 is 0 Å². The maximum atomic E-state index is 10.0. The second kappa shape index (κ2) is 10.3. The van der Waals surface area contributed by atoms with E-state index in [-0.39, 0.29) is 31.6 Å². The third-order valence-corrected chi connectivity index (χ3v) is 6.30. The summed E-state index contributed by atoms with van der Waals surface area (Å²) in [6.07, 6.45) is 2.99. The number of nitrogens with zero attached hydrogens (tertiary/aromatic N) is 2. The number of ketones is 1. The second-order valence-corrected chi connectivity index (χ2v) is 8.97. The monoisotopic (exact) mass is 676 g/mol. The van der Waals surface area contributed by atoms with Crippen molar-refractivity contribution in [3.05, 3.63) is 109 Å². The summed E-state index contributed by atoms with van der Waals surface area (Å²) < 4.78 is 8.52. The van der Waals surface area contributed by atoms with Gasteiger partial charge in [0.05, 0.1) is 11.3 Å². The molecule has 7 rings (SSSR count). The van der Waals surface area contributed by atoms with Gasteiger partial charge < -0.3 is 14.1 Å². The number of furan rings is 1. The van der Waals surface area contributed by atoms with Gasteiger partial charge in [0, 0.05) is 54.4 Å². The van der Waals surface area contributed by atoms with Gasteiger partial charge in [-0.1, -0.05) is 59.3 Å². The van der Waals surface area contributed by atoms with Gasteiger partial charge in [0.15, 0.2) is 5.78 Å². The Morgan fingerprint density at radius 2 is 1.63 bits per heavy atom. The van der Waals surface area contributed by atoms with Gasteiger partial charge in [0.25, 0.3) is 0 Å². The molecule has 0 fully saturated rings. The summed E-state index contributed by atoms with van der Waals surface area (Å²) in [5.74, 6) is -0.0625. The van der Waals surface area contributed by atoms with Crippen LogP contribution < -0.4 is 0 Å². The number of aliphatic hydroxyl groups is 1. The number of benzene rings is 4. The topological polar surface area (TPSA) is 68.3 Å². The number of rotatable bonds is 2. The third-order valence-electron chi connectivity index (χ3n) is 6.30. The number of hydrogen-bond donors (Lipinski definition) is 1. The number of allylic oxidation sites excluding steroid dienone is 2. The van der Waals surface area contributed by atoms with Crippen molar-refractivity contribution in [3.63, 3.8) is 0 Å². The Morgan fingerprint density at radius 3 is 2.37 bits per heavy atom. The van der Waals surface area contributed by atoms with Gasteiger partial charge in [-0.25, -0.2) is 0 Å². The molecule has 0 aliphatic rings. The fourth-order valence-corrected chi connectivity index (χ4v) is 4.91. The summed E-state index contributed by atoms with van der Waals surface area (Å²) in [6, 6.07) is 32.9. The zero-order valence-corrected chi connectivity index (χ0v) is 23.1.